The summed E-state index contributed by atoms with van der Waals surface area (Å²) in [6.45, 7) is 6.29. The quantitative estimate of drug-likeness (QED) is 0.831. The number of nitrogens with zero attached hydrogens (tertiary/aromatic N) is 2. The molecular weight excluding hydrogens is 236 g/mol. The Morgan fingerprint density at radius 1 is 1.11 bits per heavy atom. The van der Waals surface area contributed by atoms with Gasteiger partial charge in [-0.1, -0.05) is 12.1 Å². The third-order valence-corrected chi connectivity index (χ3v) is 3.04. The fourth-order valence-corrected chi connectivity index (χ4v) is 2.13. The van der Waals surface area contributed by atoms with Crippen molar-refractivity contribution in [3.8, 4) is 0 Å². The van der Waals surface area contributed by atoms with Gasteiger partial charge >= 0.3 is 0 Å². The van der Waals surface area contributed by atoms with Gasteiger partial charge in [-0.25, -0.2) is 4.68 Å². The Morgan fingerprint density at radius 3 is 2.42 bits per heavy atom. The van der Waals surface area contributed by atoms with E-state index in [2.05, 4.69) is 31.9 Å². The minimum Gasteiger partial charge on any atom is -0.399 e. The second-order valence-corrected chi connectivity index (χ2v) is 5.89. The van der Waals surface area contributed by atoms with Crippen molar-refractivity contribution in [3.05, 3.63) is 41.6 Å². The van der Waals surface area contributed by atoms with Crippen LogP contribution >= 0.6 is 0 Å². The number of aryl methyl sites for hydroxylation is 2. The molecular formula is C15H22N4. The van der Waals surface area contributed by atoms with Crippen molar-refractivity contribution in [1.82, 2.24) is 9.78 Å². The van der Waals surface area contributed by atoms with Gasteiger partial charge in [-0.15, -0.1) is 0 Å². The largest absolute Gasteiger partial charge is 0.399 e. The van der Waals surface area contributed by atoms with E-state index in [0.717, 1.165) is 30.0 Å². The highest BCUT2D eigenvalue weighted by atomic mass is 15.3. The molecule has 0 saturated heterocycles. The summed E-state index contributed by atoms with van der Waals surface area (Å²) in [4.78, 5) is 0. The molecule has 19 heavy (non-hydrogen) atoms. The molecule has 4 nitrogen and oxygen atoms in total. The fourth-order valence-electron chi connectivity index (χ4n) is 2.13. The van der Waals surface area contributed by atoms with Gasteiger partial charge in [0.2, 0.25) is 0 Å². The van der Waals surface area contributed by atoms with Crippen LogP contribution in [0.1, 0.15) is 32.0 Å². The Kier molecular flexibility index (Phi) is 3.51. The Morgan fingerprint density at radius 2 is 1.84 bits per heavy atom. The van der Waals surface area contributed by atoms with Crippen LogP contribution in [0.15, 0.2) is 30.3 Å². The number of aromatic nitrogens is 2. The smallest absolute Gasteiger partial charge is 0.122 e. The van der Waals surface area contributed by atoms with E-state index in [1.807, 2.05) is 28.9 Å². The molecule has 0 radical (unpaired) electrons. The number of anilines is 2. The zero-order valence-electron chi connectivity index (χ0n) is 11.9. The summed E-state index contributed by atoms with van der Waals surface area (Å²) in [7, 11) is 0. The lowest BCUT2D eigenvalue weighted by atomic mass is 10.1. The number of nitrogens with two attached hydrogens (primary N) is 2. The summed E-state index contributed by atoms with van der Waals surface area (Å²) in [5.41, 5.74) is 14.7. The number of hydrogen-bond acceptors (Lipinski definition) is 3. The molecule has 0 aliphatic carbocycles. The van der Waals surface area contributed by atoms with Gasteiger partial charge in [0, 0.05) is 11.8 Å². The molecule has 1 aromatic heterocycles. The van der Waals surface area contributed by atoms with Gasteiger partial charge in [0.25, 0.3) is 0 Å². The van der Waals surface area contributed by atoms with Crippen LogP contribution in [0.3, 0.4) is 0 Å². The Balaban J connectivity index is 2.09. The molecule has 1 heterocycles. The normalized spacial score (nSPS) is 11.7. The van der Waals surface area contributed by atoms with E-state index in [1.165, 1.54) is 5.56 Å². The number of benzene rings is 1. The molecule has 0 aliphatic rings. The first-order chi connectivity index (χ1) is 8.86. The van der Waals surface area contributed by atoms with E-state index in [4.69, 9.17) is 11.5 Å². The van der Waals surface area contributed by atoms with E-state index in [9.17, 15) is 0 Å². The van der Waals surface area contributed by atoms with E-state index in [1.54, 1.807) is 0 Å². The molecule has 0 fully saturated rings. The zero-order valence-corrected chi connectivity index (χ0v) is 11.9. The summed E-state index contributed by atoms with van der Waals surface area (Å²) < 4.78 is 1.88. The SMILES string of the molecule is CC(C)(C)n1nc(CCc2cccc(N)c2)cc1N. The van der Waals surface area contributed by atoms with Crippen LogP contribution in [0.2, 0.25) is 0 Å². The first kappa shape index (κ1) is 13.5. The summed E-state index contributed by atoms with van der Waals surface area (Å²) in [5, 5.41) is 4.58. The third-order valence-electron chi connectivity index (χ3n) is 3.04. The maximum Gasteiger partial charge on any atom is 0.122 e. The van der Waals surface area contributed by atoms with E-state index < -0.39 is 0 Å². The van der Waals surface area contributed by atoms with Crippen LogP contribution in [-0.2, 0) is 18.4 Å². The lowest BCUT2D eigenvalue weighted by Gasteiger charge is -2.20. The van der Waals surface area contributed by atoms with Crippen molar-refractivity contribution in [3.63, 3.8) is 0 Å². The molecule has 4 N–H and O–H groups in total. The second-order valence-electron chi connectivity index (χ2n) is 5.89. The molecule has 0 bridgehead atoms. The third kappa shape index (κ3) is 3.28. The molecule has 0 atom stereocenters. The predicted octanol–water partition coefficient (Wildman–Crippen LogP) is 2.59. The Bertz CT molecular complexity index is 564. The monoisotopic (exact) mass is 258 g/mol. The zero-order chi connectivity index (χ0) is 14.0. The van der Waals surface area contributed by atoms with E-state index in [0.29, 0.717) is 0 Å². The summed E-state index contributed by atoms with van der Waals surface area (Å²) in [6.07, 6.45) is 1.79. The van der Waals surface area contributed by atoms with Crippen LogP contribution < -0.4 is 11.5 Å². The number of nitrogen functional groups attached to an aromatic ring is 2. The topological polar surface area (TPSA) is 69.9 Å². The van der Waals surface area contributed by atoms with Crippen molar-refractivity contribution in [1.29, 1.82) is 0 Å². The minimum absolute atomic E-state index is 0.0838. The summed E-state index contributed by atoms with van der Waals surface area (Å²) in [5.74, 6) is 0.718. The molecule has 1 aromatic carbocycles. The molecule has 4 heteroatoms. The van der Waals surface area contributed by atoms with Crippen molar-refractivity contribution in [2.24, 2.45) is 0 Å². The van der Waals surface area contributed by atoms with Crippen molar-refractivity contribution >= 4 is 11.5 Å². The van der Waals surface area contributed by atoms with Gasteiger partial charge in [-0.2, -0.15) is 5.10 Å². The minimum atomic E-state index is -0.0838. The van der Waals surface area contributed by atoms with Crippen molar-refractivity contribution in [2.45, 2.75) is 39.2 Å². The number of rotatable bonds is 3. The summed E-state index contributed by atoms with van der Waals surface area (Å²) >= 11 is 0. The van der Waals surface area contributed by atoms with Gasteiger partial charge in [0.15, 0.2) is 0 Å². The maximum absolute atomic E-state index is 6.00. The van der Waals surface area contributed by atoms with Gasteiger partial charge in [-0.3, -0.25) is 0 Å². The molecule has 0 spiro atoms. The van der Waals surface area contributed by atoms with Crippen LogP contribution in [0.25, 0.3) is 0 Å². The summed E-state index contributed by atoms with van der Waals surface area (Å²) in [6, 6.07) is 9.92. The molecule has 0 saturated carbocycles. The lowest BCUT2D eigenvalue weighted by molar-refractivity contribution is 0.359. The van der Waals surface area contributed by atoms with E-state index in [-0.39, 0.29) is 5.54 Å². The van der Waals surface area contributed by atoms with Gasteiger partial charge in [-0.05, 0) is 51.3 Å². The predicted molar refractivity (Wildman–Crippen MR) is 79.9 cm³/mol. The molecule has 0 amide bonds. The van der Waals surface area contributed by atoms with Gasteiger partial charge in [0.1, 0.15) is 5.82 Å². The standard InChI is InChI=1S/C15H22N4/c1-15(2,3)19-14(17)10-13(18-19)8-7-11-5-4-6-12(16)9-11/h4-6,9-10H,7-8,16-17H2,1-3H3. The van der Waals surface area contributed by atoms with Gasteiger partial charge < -0.3 is 11.5 Å². The first-order valence-electron chi connectivity index (χ1n) is 6.55. The van der Waals surface area contributed by atoms with E-state index >= 15 is 0 Å². The first-order valence-corrected chi connectivity index (χ1v) is 6.55. The average molecular weight is 258 g/mol. The van der Waals surface area contributed by atoms with Crippen LogP contribution in [0.5, 0.6) is 0 Å². The fraction of sp³-hybridized carbons (Fsp3) is 0.400. The Hall–Kier alpha value is -1.97. The molecule has 0 unspecified atom stereocenters. The Labute approximate surface area is 114 Å². The lowest BCUT2D eigenvalue weighted by Crippen LogP contribution is -2.24. The van der Waals surface area contributed by atoms with Crippen molar-refractivity contribution in [2.75, 3.05) is 11.5 Å². The van der Waals surface area contributed by atoms with Gasteiger partial charge in [0.05, 0.1) is 11.2 Å². The van der Waals surface area contributed by atoms with Crippen LogP contribution in [-0.4, -0.2) is 9.78 Å². The highest BCUT2D eigenvalue weighted by Gasteiger charge is 2.17. The average Bonchev–Trinajstić information content (AvgIpc) is 2.68. The molecule has 2 aromatic rings. The van der Waals surface area contributed by atoms with Crippen LogP contribution in [0.4, 0.5) is 11.5 Å². The van der Waals surface area contributed by atoms with Crippen molar-refractivity contribution < 1.29 is 0 Å². The maximum atomic E-state index is 6.00. The second kappa shape index (κ2) is 4.96. The number of hydrogen-bond donors (Lipinski definition) is 2. The molecule has 102 valence electrons. The molecule has 0 aliphatic heterocycles. The highest BCUT2D eigenvalue weighted by molar-refractivity contribution is 5.41. The highest BCUT2D eigenvalue weighted by Crippen LogP contribution is 2.20. The molecule has 2 rings (SSSR count). The van der Waals surface area contributed by atoms with Crippen LogP contribution in [0, 0.1) is 0 Å².